The molecule has 0 amide bonds. The molecule has 0 radical (unpaired) electrons. The van der Waals surface area contributed by atoms with Crippen LogP contribution in [0.4, 0.5) is 8.78 Å². The number of rotatable bonds is 3. The zero-order chi connectivity index (χ0) is 21.4. The Bertz CT molecular complexity index is 1370. The molecule has 1 aromatic heterocycles. The van der Waals surface area contributed by atoms with E-state index < -0.39 is 29.2 Å². The fourth-order valence-corrected chi connectivity index (χ4v) is 4.45. The molecule has 152 valence electrons. The van der Waals surface area contributed by atoms with E-state index in [1.807, 2.05) is 0 Å². The number of ether oxygens (including phenoxy) is 1. The van der Waals surface area contributed by atoms with E-state index in [1.54, 1.807) is 31.2 Å². The largest absolute Gasteiger partial charge is 0.466 e. The Kier molecular flexibility index (Phi) is 5.17. The van der Waals surface area contributed by atoms with Crippen molar-refractivity contribution in [3.05, 3.63) is 102 Å². The number of carbonyl (C=O) groups is 1. The van der Waals surface area contributed by atoms with Gasteiger partial charge in [0.25, 0.3) is 5.56 Å². The Morgan fingerprint density at radius 2 is 1.80 bits per heavy atom. The van der Waals surface area contributed by atoms with E-state index in [-0.39, 0.29) is 21.2 Å². The molecule has 2 heterocycles. The molecule has 3 aromatic rings. The van der Waals surface area contributed by atoms with Crippen molar-refractivity contribution in [2.45, 2.75) is 13.0 Å². The molecule has 0 saturated heterocycles. The van der Waals surface area contributed by atoms with Gasteiger partial charge in [-0.2, -0.15) is 0 Å². The summed E-state index contributed by atoms with van der Waals surface area (Å²) in [5, 5.41) is 0. The van der Waals surface area contributed by atoms with Crippen molar-refractivity contribution >= 4 is 23.4 Å². The fourth-order valence-electron chi connectivity index (χ4n) is 3.42. The van der Waals surface area contributed by atoms with Gasteiger partial charge in [0.1, 0.15) is 17.7 Å². The normalized spacial score (nSPS) is 16.3. The minimum Gasteiger partial charge on any atom is -0.466 e. The molecule has 0 fully saturated rings. The first kappa shape index (κ1) is 19.9. The predicted molar refractivity (Wildman–Crippen MR) is 109 cm³/mol. The Labute approximate surface area is 173 Å². The molecule has 1 unspecified atom stereocenters. The van der Waals surface area contributed by atoms with Gasteiger partial charge in [-0.05, 0) is 25.1 Å². The van der Waals surface area contributed by atoms with Crippen LogP contribution in [0.5, 0.6) is 0 Å². The van der Waals surface area contributed by atoms with E-state index in [4.69, 9.17) is 4.74 Å². The number of thiazole rings is 1. The Hall–Kier alpha value is -3.39. The molecule has 0 saturated carbocycles. The van der Waals surface area contributed by atoms with Crippen LogP contribution in [0.15, 0.2) is 69.6 Å². The van der Waals surface area contributed by atoms with E-state index in [0.29, 0.717) is 10.5 Å². The van der Waals surface area contributed by atoms with Crippen LogP contribution in [0.25, 0.3) is 6.08 Å². The summed E-state index contributed by atoms with van der Waals surface area (Å²) < 4.78 is 35.1. The lowest BCUT2D eigenvalue weighted by Gasteiger charge is -2.24. The number of nitrogens with zero attached hydrogens (tertiary/aromatic N) is 2. The van der Waals surface area contributed by atoms with Crippen LogP contribution in [-0.2, 0) is 9.53 Å². The predicted octanol–water partition coefficient (Wildman–Crippen LogP) is 2.69. The average molecular weight is 426 g/mol. The zero-order valence-corrected chi connectivity index (χ0v) is 16.9. The molecule has 1 aliphatic rings. The lowest BCUT2D eigenvalue weighted by atomic mass is 9.95. The van der Waals surface area contributed by atoms with Gasteiger partial charge < -0.3 is 4.74 Å². The Morgan fingerprint density at radius 3 is 2.47 bits per heavy atom. The van der Waals surface area contributed by atoms with Crippen LogP contribution < -0.4 is 14.9 Å². The third-order valence-electron chi connectivity index (χ3n) is 4.82. The molecule has 1 atom stereocenters. The molecule has 30 heavy (non-hydrogen) atoms. The first-order valence-corrected chi connectivity index (χ1v) is 9.84. The van der Waals surface area contributed by atoms with Crippen molar-refractivity contribution in [2.75, 3.05) is 7.11 Å². The summed E-state index contributed by atoms with van der Waals surface area (Å²) in [7, 11) is 1.21. The maximum absolute atomic E-state index is 14.7. The summed E-state index contributed by atoms with van der Waals surface area (Å²) in [4.78, 5) is 30.4. The van der Waals surface area contributed by atoms with Gasteiger partial charge in [-0.1, -0.05) is 47.7 Å². The van der Waals surface area contributed by atoms with E-state index >= 15 is 0 Å². The number of esters is 1. The van der Waals surface area contributed by atoms with Gasteiger partial charge in [0.15, 0.2) is 4.80 Å². The number of allylic oxidation sites excluding steroid dienone is 1. The second-order valence-electron chi connectivity index (χ2n) is 6.62. The molecular weight excluding hydrogens is 410 g/mol. The lowest BCUT2D eigenvalue weighted by Crippen LogP contribution is -2.40. The topological polar surface area (TPSA) is 60.7 Å². The summed E-state index contributed by atoms with van der Waals surface area (Å²) in [6.07, 6.45) is 1.43. The van der Waals surface area contributed by atoms with Crippen molar-refractivity contribution in [1.29, 1.82) is 0 Å². The van der Waals surface area contributed by atoms with Gasteiger partial charge in [-0.15, -0.1) is 0 Å². The number of benzene rings is 2. The van der Waals surface area contributed by atoms with E-state index in [9.17, 15) is 18.4 Å². The van der Waals surface area contributed by atoms with Crippen molar-refractivity contribution in [1.82, 2.24) is 4.57 Å². The number of hydrogen-bond donors (Lipinski definition) is 0. The van der Waals surface area contributed by atoms with Crippen molar-refractivity contribution in [2.24, 2.45) is 4.99 Å². The molecular formula is C22H16F2N2O3S. The lowest BCUT2D eigenvalue weighted by molar-refractivity contribution is -0.136. The van der Waals surface area contributed by atoms with E-state index in [1.165, 1.54) is 42.0 Å². The molecule has 2 aromatic carbocycles. The monoisotopic (exact) mass is 426 g/mol. The fraction of sp³-hybridized carbons (Fsp3) is 0.136. The van der Waals surface area contributed by atoms with E-state index in [2.05, 4.69) is 4.99 Å². The maximum atomic E-state index is 14.7. The molecule has 5 nitrogen and oxygen atoms in total. The first-order valence-electron chi connectivity index (χ1n) is 9.02. The average Bonchev–Trinajstić information content (AvgIpc) is 3.03. The summed E-state index contributed by atoms with van der Waals surface area (Å²) in [5.41, 5.74) is 0.297. The number of methoxy groups -OCH3 is 1. The highest BCUT2D eigenvalue weighted by Crippen LogP contribution is 2.31. The molecule has 8 heteroatoms. The summed E-state index contributed by atoms with van der Waals surface area (Å²) in [6.45, 7) is 1.61. The molecule has 0 bridgehead atoms. The Balaban J connectivity index is 2.03. The second-order valence-corrected chi connectivity index (χ2v) is 7.63. The van der Waals surface area contributed by atoms with Crippen molar-refractivity contribution < 1.29 is 18.3 Å². The molecule has 4 rings (SSSR count). The van der Waals surface area contributed by atoms with Crippen LogP contribution in [-0.4, -0.2) is 17.6 Å². The van der Waals surface area contributed by atoms with Gasteiger partial charge in [-0.25, -0.2) is 18.6 Å². The highest BCUT2D eigenvalue weighted by Gasteiger charge is 2.34. The minimum atomic E-state index is -1.04. The zero-order valence-electron chi connectivity index (χ0n) is 16.1. The third kappa shape index (κ3) is 3.29. The Morgan fingerprint density at radius 1 is 1.13 bits per heavy atom. The summed E-state index contributed by atoms with van der Waals surface area (Å²) in [6, 6.07) is 10.9. The maximum Gasteiger partial charge on any atom is 0.338 e. The molecule has 0 aliphatic carbocycles. The minimum absolute atomic E-state index is 0.0763. The molecule has 0 spiro atoms. The van der Waals surface area contributed by atoms with Crippen LogP contribution in [0.2, 0.25) is 0 Å². The standard InChI is InChI=1S/C22H16F2N2O3S/c1-12-18(21(28)29-2)19(14-8-4-6-10-16(14)24)26-20(27)17(30-22(26)25-12)11-13-7-3-5-9-15(13)23/h3-11,19H,1-2H3. The molecule has 0 N–H and O–H groups in total. The van der Waals surface area contributed by atoms with Crippen LogP contribution in [0, 0.1) is 11.6 Å². The number of carbonyl (C=O) groups excluding carboxylic acids is 1. The van der Waals surface area contributed by atoms with E-state index in [0.717, 1.165) is 11.3 Å². The number of fused-ring (bicyclic) bond motifs is 1. The van der Waals surface area contributed by atoms with Crippen LogP contribution in [0.3, 0.4) is 0 Å². The van der Waals surface area contributed by atoms with Crippen LogP contribution in [0.1, 0.15) is 24.1 Å². The number of hydrogen-bond acceptors (Lipinski definition) is 5. The smallest absolute Gasteiger partial charge is 0.338 e. The first-order chi connectivity index (χ1) is 14.4. The SMILES string of the molecule is COC(=O)C1=C(C)N=c2sc(=Cc3ccccc3F)c(=O)n2C1c1ccccc1F. The van der Waals surface area contributed by atoms with Crippen molar-refractivity contribution in [3.8, 4) is 0 Å². The highest BCUT2D eigenvalue weighted by atomic mass is 32.1. The quantitative estimate of drug-likeness (QED) is 0.605. The summed E-state index contributed by atoms with van der Waals surface area (Å²) >= 11 is 1.05. The molecule has 1 aliphatic heterocycles. The van der Waals surface area contributed by atoms with Gasteiger partial charge in [-0.3, -0.25) is 9.36 Å². The number of halogens is 2. The van der Waals surface area contributed by atoms with Gasteiger partial charge in [0.2, 0.25) is 0 Å². The van der Waals surface area contributed by atoms with Gasteiger partial charge in [0, 0.05) is 11.1 Å². The van der Waals surface area contributed by atoms with Gasteiger partial charge in [0.05, 0.1) is 22.9 Å². The summed E-state index contributed by atoms with van der Waals surface area (Å²) in [5.74, 6) is -1.74. The second kappa shape index (κ2) is 7.79. The van der Waals surface area contributed by atoms with Gasteiger partial charge >= 0.3 is 5.97 Å². The van der Waals surface area contributed by atoms with Crippen LogP contribution >= 0.6 is 11.3 Å². The number of aromatic nitrogens is 1. The third-order valence-corrected chi connectivity index (χ3v) is 5.80. The highest BCUT2D eigenvalue weighted by molar-refractivity contribution is 7.07. The van der Waals surface area contributed by atoms with Crippen molar-refractivity contribution in [3.63, 3.8) is 0 Å².